The molecule has 6 nitrogen and oxygen atoms in total. The van der Waals surface area contributed by atoms with Crippen LogP contribution in [0.4, 0.5) is 5.69 Å². The topological polar surface area (TPSA) is 87.2 Å². The highest BCUT2D eigenvalue weighted by molar-refractivity contribution is 9.10. The van der Waals surface area contributed by atoms with E-state index in [1.54, 1.807) is 18.5 Å². The summed E-state index contributed by atoms with van der Waals surface area (Å²) in [5.41, 5.74) is 6.42. The number of nitrogens with two attached hydrogens (primary N) is 1. The van der Waals surface area contributed by atoms with Crippen molar-refractivity contribution in [2.75, 3.05) is 5.73 Å². The maximum Gasteiger partial charge on any atom is 0.326 e. The number of aromatic nitrogens is 2. The Balaban J connectivity index is 1.96. The average Bonchev–Trinajstić information content (AvgIpc) is 2.41. The number of hydrogen-bond donors (Lipinski definition) is 1. The number of halogens is 1. The minimum atomic E-state index is -0.516. The number of anilines is 1. The summed E-state index contributed by atoms with van der Waals surface area (Å²) in [7, 11) is 0. The van der Waals surface area contributed by atoms with Gasteiger partial charge in [0.15, 0.2) is 0 Å². The second kappa shape index (κ2) is 6.33. The smallest absolute Gasteiger partial charge is 0.326 e. The van der Waals surface area contributed by atoms with E-state index < -0.39 is 5.97 Å². The summed E-state index contributed by atoms with van der Waals surface area (Å²) >= 11 is 3.28. The lowest BCUT2D eigenvalue weighted by molar-refractivity contribution is -0.145. The number of nitrogens with zero attached hydrogens (tertiary/aromatic N) is 2. The number of hydrogen-bond acceptors (Lipinski definition) is 5. The molecule has 2 aromatic rings. The van der Waals surface area contributed by atoms with Crippen LogP contribution < -0.4 is 11.3 Å². The highest BCUT2D eigenvalue weighted by atomic mass is 79.9. The van der Waals surface area contributed by atoms with Crippen LogP contribution in [0, 0.1) is 0 Å². The lowest BCUT2D eigenvalue weighted by Crippen LogP contribution is -2.24. The first-order valence-corrected chi connectivity index (χ1v) is 6.55. The Labute approximate surface area is 123 Å². The Hall–Kier alpha value is -2.15. The Kier molecular flexibility index (Phi) is 4.52. The van der Waals surface area contributed by atoms with Crippen LogP contribution in [0.5, 0.6) is 0 Å². The molecule has 2 aromatic heterocycles. The number of pyridine rings is 2. The summed E-state index contributed by atoms with van der Waals surface area (Å²) in [6, 6.07) is 4.59. The minimum Gasteiger partial charge on any atom is -0.459 e. The van der Waals surface area contributed by atoms with Crippen LogP contribution in [-0.2, 0) is 22.7 Å². The van der Waals surface area contributed by atoms with Gasteiger partial charge >= 0.3 is 5.97 Å². The molecule has 0 saturated heterocycles. The molecule has 0 aliphatic heterocycles. The quantitative estimate of drug-likeness (QED) is 0.850. The molecule has 0 spiro atoms. The van der Waals surface area contributed by atoms with E-state index in [4.69, 9.17) is 10.5 Å². The van der Waals surface area contributed by atoms with Crippen molar-refractivity contribution in [2.24, 2.45) is 0 Å². The van der Waals surface area contributed by atoms with Crippen molar-refractivity contribution < 1.29 is 9.53 Å². The lowest BCUT2D eigenvalue weighted by atomic mass is 10.3. The SMILES string of the molecule is Nc1ccc(=O)n(CC(=O)OCc2cncc(Br)c2)c1. The molecule has 2 N–H and O–H groups in total. The predicted molar refractivity (Wildman–Crippen MR) is 76.8 cm³/mol. The number of carbonyl (C=O) groups excluding carboxylic acids is 1. The van der Waals surface area contributed by atoms with Crippen LogP contribution in [0.15, 0.2) is 46.1 Å². The van der Waals surface area contributed by atoms with Gasteiger partial charge in [0.1, 0.15) is 13.2 Å². The van der Waals surface area contributed by atoms with Crippen molar-refractivity contribution in [3.8, 4) is 0 Å². The van der Waals surface area contributed by atoms with Gasteiger partial charge in [0.05, 0.1) is 0 Å². The minimum absolute atomic E-state index is 0.0995. The Morgan fingerprint density at radius 2 is 2.20 bits per heavy atom. The van der Waals surface area contributed by atoms with E-state index in [2.05, 4.69) is 20.9 Å². The van der Waals surface area contributed by atoms with Gasteiger partial charge in [0.25, 0.3) is 5.56 Å². The third-order valence-corrected chi connectivity index (χ3v) is 2.90. The van der Waals surface area contributed by atoms with Gasteiger partial charge in [-0.25, -0.2) is 0 Å². The molecule has 104 valence electrons. The molecule has 7 heteroatoms. The van der Waals surface area contributed by atoms with Gasteiger partial charge in [-0.05, 0) is 28.1 Å². The van der Waals surface area contributed by atoms with Gasteiger partial charge in [-0.1, -0.05) is 0 Å². The molecule has 0 radical (unpaired) electrons. The molecule has 2 rings (SSSR count). The highest BCUT2D eigenvalue weighted by Crippen LogP contribution is 2.10. The van der Waals surface area contributed by atoms with Crippen LogP contribution >= 0.6 is 15.9 Å². The molecule has 0 aliphatic rings. The zero-order chi connectivity index (χ0) is 14.5. The molecule has 0 aliphatic carbocycles. The van der Waals surface area contributed by atoms with Crippen LogP contribution in [0.25, 0.3) is 0 Å². The summed E-state index contributed by atoms with van der Waals surface area (Å²) in [6.45, 7) is -0.0757. The molecule has 2 heterocycles. The monoisotopic (exact) mass is 337 g/mol. The van der Waals surface area contributed by atoms with Gasteiger partial charge in [0, 0.05) is 40.4 Å². The highest BCUT2D eigenvalue weighted by Gasteiger charge is 2.07. The molecule has 0 amide bonds. The second-order valence-electron chi connectivity index (χ2n) is 4.10. The Morgan fingerprint density at radius 1 is 1.40 bits per heavy atom. The fraction of sp³-hybridized carbons (Fsp3) is 0.154. The molecule has 0 unspecified atom stereocenters. The van der Waals surface area contributed by atoms with Crippen molar-refractivity contribution in [1.29, 1.82) is 0 Å². The van der Waals surface area contributed by atoms with E-state index in [1.165, 1.54) is 22.9 Å². The van der Waals surface area contributed by atoms with Gasteiger partial charge in [-0.2, -0.15) is 0 Å². The fourth-order valence-corrected chi connectivity index (χ4v) is 1.97. The molecule has 0 bridgehead atoms. The standard InChI is InChI=1S/C13H12BrN3O3/c14-10-3-9(4-16-5-10)8-20-13(19)7-17-6-11(15)1-2-12(17)18/h1-6H,7-8,15H2. The normalized spacial score (nSPS) is 10.2. The van der Waals surface area contributed by atoms with Crippen molar-refractivity contribution in [3.05, 3.63) is 57.2 Å². The summed E-state index contributed by atoms with van der Waals surface area (Å²) in [6.07, 6.45) is 4.65. The van der Waals surface area contributed by atoms with Gasteiger partial charge in [-0.3, -0.25) is 14.6 Å². The fourth-order valence-electron chi connectivity index (χ4n) is 1.56. The predicted octanol–water partition coefficient (Wildman–Crippen LogP) is 1.33. The first-order valence-electron chi connectivity index (χ1n) is 5.75. The van der Waals surface area contributed by atoms with E-state index in [0.29, 0.717) is 5.69 Å². The third kappa shape index (κ3) is 3.92. The van der Waals surface area contributed by atoms with E-state index in [1.807, 2.05) is 0 Å². The number of carbonyl (C=O) groups is 1. The van der Waals surface area contributed by atoms with Crippen LogP contribution in [0.3, 0.4) is 0 Å². The van der Waals surface area contributed by atoms with Gasteiger partial charge in [0.2, 0.25) is 0 Å². The van der Waals surface area contributed by atoms with Gasteiger partial charge in [-0.15, -0.1) is 0 Å². The van der Waals surface area contributed by atoms with Gasteiger partial charge < -0.3 is 15.0 Å². The second-order valence-corrected chi connectivity index (χ2v) is 5.02. The zero-order valence-electron chi connectivity index (χ0n) is 10.5. The number of rotatable bonds is 4. The van der Waals surface area contributed by atoms with E-state index in [-0.39, 0.29) is 18.7 Å². The Morgan fingerprint density at radius 3 is 2.95 bits per heavy atom. The largest absolute Gasteiger partial charge is 0.459 e. The number of nitrogen functional groups attached to an aromatic ring is 1. The maximum absolute atomic E-state index is 11.7. The van der Waals surface area contributed by atoms with Crippen LogP contribution in [0.2, 0.25) is 0 Å². The third-order valence-electron chi connectivity index (χ3n) is 2.47. The van der Waals surface area contributed by atoms with Crippen molar-refractivity contribution in [1.82, 2.24) is 9.55 Å². The molecule has 0 aromatic carbocycles. The summed E-state index contributed by atoms with van der Waals surface area (Å²) in [4.78, 5) is 27.2. The number of ether oxygens (including phenoxy) is 1. The van der Waals surface area contributed by atoms with Crippen molar-refractivity contribution in [3.63, 3.8) is 0 Å². The van der Waals surface area contributed by atoms with E-state index >= 15 is 0 Å². The summed E-state index contributed by atoms with van der Waals surface area (Å²) < 4.78 is 7.09. The van der Waals surface area contributed by atoms with E-state index in [9.17, 15) is 9.59 Å². The molecule has 0 fully saturated rings. The summed E-state index contributed by atoms with van der Waals surface area (Å²) in [5, 5.41) is 0. The Bertz CT molecular complexity index is 685. The first kappa shape index (κ1) is 14.3. The average molecular weight is 338 g/mol. The lowest BCUT2D eigenvalue weighted by Gasteiger charge is -2.07. The molecule has 0 atom stereocenters. The molecular weight excluding hydrogens is 326 g/mol. The zero-order valence-corrected chi connectivity index (χ0v) is 12.0. The summed E-state index contributed by atoms with van der Waals surface area (Å²) in [5.74, 6) is -0.516. The molecule has 20 heavy (non-hydrogen) atoms. The van der Waals surface area contributed by atoms with Crippen LogP contribution in [0.1, 0.15) is 5.56 Å². The maximum atomic E-state index is 11.7. The van der Waals surface area contributed by atoms with E-state index in [0.717, 1.165) is 10.0 Å². The van der Waals surface area contributed by atoms with Crippen molar-refractivity contribution >= 4 is 27.6 Å². The molecular formula is C13H12BrN3O3. The molecule has 0 saturated carbocycles. The first-order chi connectivity index (χ1) is 9.54. The van der Waals surface area contributed by atoms with Crippen LogP contribution in [-0.4, -0.2) is 15.5 Å². The van der Waals surface area contributed by atoms with Crippen molar-refractivity contribution in [2.45, 2.75) is 13.2 Å². The number of esters is 1.